The molecule has 2 nitrogen and oxygen atoms in total. The van der Waals surface area contributed by atoms with Crippen molar-refractivity contribution in [2.75, 3.05) is 0 Å². The first-order valence-corrected chi connectivity index (χ1v) is 9.71. The van der Waals surface area contributed by atoms with Crippen molar-refractivity contribution in [3.8, 4) is 0 Å². The molecule has 4 bridgehead atoms. The van der Waals surface area contributed by atoms with Crippen LogP contribution in [0.2, 0.25) is 0 Å². The molecule has 0 radical (unpaired) electrons. The maximum absolute atomic E-state index is 15.0. The molecule has 3 heteroatoms. The van der Waals surface area contributed by atoms with Crippen LogP contribution in [0.1, 0.15) is 51.0 Å². The number of hydrogen-bond donors (Lipinski definition) is 0. The molecule has 0 spiro atoms. The lowest BCUT2D eigenvalue weighted by Crippen LogP contribution is -2.49. The molecule has 0 amide bonds. The maximum atomic E-state index is 15.0. The molecule has 26 heavy (non-hydrogen) atoms. The van der Waals surface area contributed by atoms with E-state index in [1.807, 2.05) is 30.3 Å². The zero-order chi connectivity index (χ0) is 18.4. The van der Waals surface area contributed by atoms with Crippen molar-refractivity contribution in [3.63, 3.8) is 0 Å². The van der Waals surface area contributed by atoms with Crippen LogP contribution in [0.3, 0.4) is 0 Å². The Morgan fingerprint density at radius 1 is 1.27 bits per heavy atom. The van der Waals surface area contributed by atoms with E-state index in [0.29, 0.717) is 25.2 Å². The Balaban J connectivity index is 1.78. The molecule has 2 unspecified atom stereocenters. The van der Waals surface area contributed by atoms with Gasteiger partial charge in [0.2, 0.25) is 0 Å². The Morgan fingerprint density at radius 3 is 2.46 bits per heavy atom. The number of ether oxygens (including phenoxy) is 1. The minimum atomic E-state index is -0.969. The summed E-state index contributed by atoms with van der Waals surface area (Å²) in [7, 11) is 0. The maximum Gasteiger partial charge on any atom is 0.303 e. The molecule has 0 heterocycles. The highest BCUT2D eigenvalue weighted by Gasteiger charge is 2.54. The van der Waals surface area contributed by atoms with Gasteiger partial charge in [0.1, 0.15) is 5.67 Å². The summed E-state index contributed by atoms with van der Waals surface area (Å²) in [5, 5.41) is 0. The second kappa shape index (κ2) is 6.37. The third-order valence-electron chi connectivity index (χ3n) is 6.49. The summed E-state index contributed by atoms with van der Waals surface area (Å²) in [5.74, 6) is 0.789. The number of rotatable bonds is 5. The van der Waals surface area contributed by atoms with Gasteiger partial charge in [0, 0.05) is 13.3 Å². The fourth-order valence-electron chi connectivity index (χ4n) is 5.81. The molecular weight excluding hydrogens is 327 g/mol. The summed E-state index contributed by atoms with van der Waals surface area (Å²) in [5.41, 5.74) is 0.444. The van der Waals surface area contributed by atoms with Crippen molar-refractivity contribution in [1.29, 1.82) is 0 Å². The number of halogens is 1. The molecule has 1 aromatic carbocycles. The Labute approximate surface area is 155 Å². The Kier molecular flexibility index (Phi) is 4.29. The van der Waals surface area contributed by atoms with E-state index < -0.39 is 11.3 Å². The number of benzene rings is 1. The van der Waals surface area contributed by atoms with Crippen LogP contribution in [0, 0.1) is 17.8 Å². The normalized spacial score (nSPS) is 35.9. The molecule has 0 saturated heterocycles. The van der Waals surface area contributed by atoms with Gasteiger partial charge in [-0.1, -0.05) is 42.0 Å². The van der Waals surface area contributed by atoms with Gasteiger partial charge in [-0.2, -0.15) is 0 Å². The van der Waals surface area contributed by atoms with Crippen molar-refractivity contribution < 1.29 is 13.9 Å². The van der Waals surface area contributed by atoms with Crippen LogP contribution in [0.4, 0.5) is 4.39 Å². The van der Waals surface area contributed by atoms with E-state index in [2.05, 4.69) is 12.7 Å². The van der Waals surface area contributed by atoms with Gasteiger partial charge in [-0.15, -0.1) is 6.58 Å². The van der Waals surface area contributed by atoms with Crippen LogP contribution in [0.5, 0.6) is 0 Å². The molecule has 4 aliphatic carbocycles. The monoisotopic (exact) mass is 354 g/mol. The Bertz CT molecular complexity index is 720. The SMILES string of the molecule is C=CC[C@](C=C1[C@@H]2CC3C[C@H]1CC(F)(C3)C2)(OC(C)=O)c1ccccc1. The molecule has 138 valence electrons. The van der Waals surface area contributed by atoms with Crippen molar-refractivity contribution >= 4 is 5.97 Å². The lowest BCUT2D eigenvalue weighted by Gasteiger charge is -2.55. The van der Waals surface area contributed by atoms with Crippen molar-refractivity contribution in [3.05, 3.63) is 60.2 Å². The van der Waals surface area contributed by atoms with Gasteiger partial charge < -0.3 is 4.74 Å². The smallest absolute Gasteiger partial charge is 0.303 e. The van der Waals surface area contributed by atoms with Crippen LogP contribution in [-0.2, 0) is 15.1 Å². The summed E-state index contributed by atoms with van der Waals surface area (Å²) in [6.45, 7) is 5.34. The topological polar surface area (TPSA) is 26.3 Å². The minimum Gasteiger partial charge on any atom is -0.450 e. The first-order valence-electron chi connectivity index (χ1n) is 9.71. The molecule has 4 aliphatic rings. The first kappa shape index (κ1) is 17.5. The number of alkyl halides is 1. The van der Waals surface area contributed by atoms with Gasteiger partial charge >= 0.3 is 5.97 Å². The van der Waals surface area contributed by atoms with Gasteiger partial charge in [0.05, 0.1) is 0 Å². The van der Waals surface area contributed by atoms with Gasteiger partial charge in [-0.25, -0.2) is 4.39 Å². The quantitative estimate of drug-likeness (QED) is 0.516. The number of hydrogen-bond acceptors (Lipinski definition) is 2. The molecule has 4 fully saturated rings. The van der Waals surface area contributed by atoms with Crippen molar-refractivity contribution in [1.82, 2.24) is 0 Å². The summed E-state index contributed by atoms with van der Waals surface area (Å²) in [4.78, 5) is 12.0. The fourth-order valence-corrected chi connectivity index (χ4v) is 5.81. The van der Waals surface area contributed by atoms with Crippen molar-refractivity contribution in [2.24, 2.45) is 17.8 Å². The van der Waals surface area contributed by atoms with Gasteiger partial charge in [0.25, 0.3) is 0 Å². The highest BCUT2D eigenvalue weighted by Crippen LogP contribution is 2.60. The van der Waals surface area contributed by atoms with Gasteiger partial charge in [-0.05, 0) is 61.5 Å². The van der Waals surface area contributed by atoms with Crippen LogP contribution in [0.15, 0.2) is 54.6 Å². The molecule has 0 aromatic heterocycles. The predicted octanol–water partition coefficient (Wildman–Crippen LogP) is 5.50. The number of esters is 1. The third-order valence-corrected chi connectivity index (χ3v) is 6.49. The second-order valence-electron chi connectivity index (χ2n) is 8.48. The van der Waals surface area contributed by atoms with Crippen LogP contribution in [-0.4, -0.2) is 11.6 Å². The van der Waals surface area contributed by atoms with Gasteiger partial charge in [0.15, 0.2) is 5.60 Å². The summed E-state index contributed by atoms with van der Waals surface area (Å²) >= 11 is 0. The van der Waals surface area contributed by atoms with E-state index in [0.717, 1.165) is 24.8 Å². The van der Waals surface area contributed by atoms with E-state index in [-0.39, 0.29) is 17.8 Å². The van der Waals surface area contributed by atoms with Crippen molar-refractivity contribution in [2.45, 2.75) is 56.7 Å². The Hall–Kier alpha value is -1.90. The van der Waals surface area contributed by atoms with E-state index in [9.17, 15) is 4.79 Å². The lowest BCUT2D eigenvalue weighted by molar-refractivity contribution is -0.153. The average molecular weight is 354 g/mol. The standard InChI is InChI=1S/C23H27FO2/c1-3-9-23(26-16(2)25,20-7-5-4-6-8-20)15-21-18-10-17-11-19(21)14-22(24,12-17)13-18/h3-8,15,17-19H,1,9-14H2,2H3/t17?,18-,19+,22?,23-/m1/s1. The number of carbonyl (C=O) groups excluding carboxylic acids is 1. The van der Waals surface area contributed by atoms with Crippen LogP contribution in [0.25, 0.3) is 0 Å². The summed E-state index contributed by atoms with van der Waals surface area (Å²) in [6, 6.07) is 9.87. The number of carbonyl (C=O) groups is 1. The van der Waals surface area contributed by atoms with Gasteiger partial charge in [-0.3, -0.25) is 4.79 Å². The highest BCUT2D eigenvalue weighted by atomic mass is 19.1. The zero-order valence-corrected chi connectivity index (χ0v) is 15.4. The number of allylic oxidation sites excluding steroid dienone is 1. The molecular formula is C23H27FO2. The largest absolute Gasteiger partial charge is 0.450 e. The third kappa shape index (κ3) is 3.02. The lowest BCUT2D eigenvalue weighted by atomic mass is 9.52. The van der Waals surface area contributed by atoms with Crippen LogP contribution >= 0.6 is 0 Å². The van der Waals surface area contributed by atoms with E-state index in [4.69, 9.17) is 4.74 Å². The first-order chi connectivity index (χ1) is 12.4. The Morgan fingerprint density at radius 2 is 1.92 bits per heavy atom. The predicted molar refractivity (Wildman–Crippen MR) is 100 cm³/mol. The molecule has 0 N–H and O–H groups in total. The fraction of sp³-hybridized carbons (Fsp3) is 0.522. The van der Waals surface area contributed by atoms with Crippen LogP contribution < -0.4 is 0 Å². The van der Waals surface area contributed by atoms with E-state index in [1.165, 1.54) is 12.5 Å². The molecule has 4 saturated carbocycles. The van der Waals surface area contributed by atoms with E-state index in [1.54, 1.807) is 6.08 Å². The van der Waals surface area contributed by atoms with E-state index >= 15 is 4.39 Å². The second-order valence-corrected chi connectivity index (χ2v) is 8.48. The highest BCUT2D eigenvalue weighted by molar-refractivity contribution is 5.67. The average Bonchev–Trinajstić information content (AvgIpc) is 2.57. The minimum absolute atomic E-state index is 0.287. The molecule has 5 atom stereocenters. The molecule has 5 rings (SSSR count). The molecule has 0 aliphatic heterocycles. The zero-order valence-electron chi connectivity index (χ0n) is 15.4. The summed E-state index contributed by atoms with van der Waals surface area (Å²) < 4.78 is 21.0. The summed E-state index contributed by atoms with van der Waals surface area (Å²) in [6.07, 6.45) is 8.63. The molecule has 1 aromatic rings.